The van der Waals surface area contributed by atoms with Crippen LogP contribution in [0.2, 0.25) is 0 Å². The summed E-state index contributed by atoms with van der Waals surface area (Å²) in [4.78, 5) is 7.88. The lowest BCUT2D eigenvalue weighted by atomic mass is 9.95. The van der Waals surface area contributed by atoms with Gasteiger partial charge in [-0.3, -0.25) is 0 Å². The van der Waals surface area contributed by atoms with Crippen molar-refractivity contribution in [1.29, 1.82) is 0 Å². The molecule has 0 aromatic carbocycles. The summed E-state index contributed by atoms with van der Waals surface area (Å²) in [5.41, 5.74) is 1.89. The van der Waals surface area contributed by atoms with Gasteiger partial charge in [-0.05, 0) is 26.2 Å². The molecule has 0 saturated carbocycles. The van der Waals surface area contributed by atoms with Gasteiger partial charge in [-0.2, -0.15) is 0 Å². The summed E-state index contributed by atoms with van der Waals surface area (Å²) in [6.07, 6.45) is 2.67. The summed E-state index contributed by atoms with van der Waals surface area (Å²) in [5.74, 6) is 0.852. The van der Waals surface area contributed by atoms with Gasteiger partial charge < -0.3 is 9.72 Å². The SMILES string of the molecule is CCc1c(C)[nH]c(C(CC)(CC)OC)nc1=S. The number of methoxy groups -OCH3 is 1. The second kappa shape index (κ2) is 5.74. The molecule has 0 bridgehead atoms. The van der Waals surface area contributed by atoms with Crippen molar-refractivity contribution in [2.45, 2.75) is 52.6 Å². The first-order valence-corrected chi connectivity index (χ1v) is 6.60. The third kappa shape index (κ3) is 2.58. The van der Waals surface area contributed by atoms with Crippen LogP contribution < -0.4 is 0 Å². The number of aryl methyl sites for hydroxylation is 1. The van der Waals surface area contributed by atoms with Gasteiger partial charge in [0.15, 0.2) is 0 Å². The lowest BCUT2D eigenvalue weighted by Gasteiger charge is -2.29. The number of hydrogen-bond donors (Lipinski definition) is 1. The molecule has 0 aliphatic heterocycles. The van der Waals surface area contributed by atoms with Crippen LogP contribution in [0.1, 0.15) is 50.7 Å². The summed E-state index contributed by atoms with van der Waals surface area (Å²) < 4.78 is 6.36. The highest BCUT2D eigenvalue weighted by atomic mass is 32.1. The van der Waals surface area contributed by atoms with E-state index in [0.717, 1.165) is 36.3 Å². The molecule has 1 aromatic rings. The van der Waals surface area contributed by atoms with Gasteiger partial charge >= 0.3 is 0 Å². The molecule has 0 atom stereocenters. The van der Waals surface area contributed by atoms with Crippen LogP contribution in [0.5, 0.6) is 0 Å². The number of ether oxygens (including phenoxy) is 1. The Labute approximate surface area is 109 Å². The fourth-order valence-corrected chi connectivity index (χ4v) is 2.60. The monoisotopic (exact) mass is 254 g/mol. The Hall–Kier alpha value is -0.740. The Morgan fingerprint density at radius 2 is 1.88 bits per heavy atom. The van der Waals surface area contributed by atoms with Crippen molar-refractivity contribution >= 4 is 12.2 Å². The zero-order valence-electron chi connectivity index (χ0n) is 11.4. The van der Waals surface area contributed by atoms with Crippen molar-refractivity contribution in [3.05, 3.63) is 21.7 Å². The molecule has 1 heterocycles. The molecule has 4 heteroatoms. The molecule has 0 fully saturated rings. The second-order valence-electron chi connectivity index (χ2n) is 4.25. The van der Waals surface area contributed by atoms with E-state index in [4.69, 9.17) is 17.0 Å². The third-order valence-electron chi connectivity index (χ3n) is 3.55. The van der Waals surface area contributed by atoms with Gasteiger partial charge in [-0.1, -0.05) is 33.0 Å². The van der Waals surface area contributed by atoms with Crippen LogP contribution in [0.15, 0.2) is 0 Å². The van der Waals surface area contributed by atoms with Crippen LogP contribution in [-0.2, 0) is 16.8 Å². The maximum atomic E-state index is 5.67. The van der Waals surface area contributed by atoms with E-state index in [1.165, 1.54) is 0 Å². The fourth-order valence-electron chi connectivity index (χ4n) is 2.21. The Balaban J connectivity index is 3.37. The number of H-pyrrole nitrogens is 1. The molecule has 0 spiro atoms. The number of nitrogens with one attached hydrogen (secondary N) is 1. The first-order valence-electron chi connectivity index (χ1n) is 6.20. The van der Waals surface area contributed by atoms with E-state index in [2.05, 4.69) is 30.7 Å². The van der Waals surface area contributed by atoms with Gasteiger partial charge in [0, 0.05) is 18.4 Å². The quantitative estimate of drug-likeness (QED) is 0.815. The molecule has 17 heavy (non-hydrogen) atoms. The number of aromatic nitrogens is 2. The molecule has 1 N–H and O–H groups in total. The summed E-state index contributed by atoms with van der Waals surface area (Å²) in [6.45, 7) is 8.35. The lowest BCUT2D eigenvalue weighted by Crippen LogP contribution is -2.30. The number of hydrogen-bond acceptors (Lipinski definition) is 3. The first-order chi connectivity index (χ1) is 8.04. The van der Waals surface area contributed by atoms with E-state index in [0.29, 0.717) is 4.64 Å². The van der Waals surface area contributed by atoms with Crippen LogP contribution in [0.25, 0.3) is 0 Å². The Morgan fingerprint density at radius 1 is 1.29 bits per heavy atom. The average Bonchev–Trinajstić information content (AvgIpc) is 2.32. The highest BCUT2D eigenvalue weighted by Gasteiger charge is 2.31. The minimum atomic E-state index is -0.343. The minimum Gasteiger partial charge on any atom is -0.370 e. The molecule has 1 rings (SSSR count). The molecule has 0 aliphatic rings. The van der Waals surface area contributed by atoms with E-state index >= 15 is 0 Å². The van der Waals surface area contributed by atoms with Crippen LogP contribution in [-0.4, -0.2) is 17.1 Å². The second-order valence-corrected chi connectivity index (χ2v) is 4.64. The molecule has 0 amide bonds. The van der Waals surface area contributed by atoms with E-state index in [-0.39, 0.29) is 5.60 Å². The third-order valence-corrected chi connectivity index (χ3v) is 3.89. The van der Waals surface area contributed by atoms with Crippen molar-refractivity contribution in [2.75, 3.05) is 7.11 Å². The highest BCUT2D eigenvalue weighted by Crippen LogP contribution is 2.30. The molecule has 1 aromatic heterocycles. The van der Waals surface area contributed by atoms with E-state index in [1.54, 1.807) is 7.11 Å². The van der Waals surface area contributed by atoms with E-state index < -0.39 is 0 Å². The van der Waals surface area contributed by atoms with Crippen LogP contribution in [0.4, 0.5) is 0 Å². The maximum absolute atomic E-state index is 5.67. The molecule has 3 nitrogen and oxygen atoms in total. The zero-order valence-corrected chi connectivity index (χ0v) is 12.2. The Bertz CT molecular complexity index is 427. The van der Waals surface area contributed by atoms with Crippen molar-refractivity contribution < 1.29 is 4.74 Å². The van der Waals surface area contributed by atoms with Crippen molar-refractivity contribution in [3.63, 3.8) is 0 Å². The van der Waals surface area contributed by atoms with E-state index in [9.17, 15) is 0 Å². The van der Waals surface area contributed by atoms with Gasteiger partial charge in [0.1, 0.15) is 16.1 Å². The summed E-state index contributed by atoms with van der Waals surface area (Å²) in [7, 11) is 1.73. The van der Waals surface area contributed by atoms with Crippen molar-refractivity contribution in [2.24, 2.45) is 0 Å². The topological polar surface area (TPSA) is 37.9 Å². The van der Waals surface area contributed by atoms with Gasteiger partial charge in [0.25, 0.3) is 0 Å². The first kappa shape index (κ1) is 14.3. The standard InChI is InChI=1S/C13H22N2OS/c1-6-10-9(4)14-12(15-11(10)17)13(7-2,8-3)16-5/h6-8H2,1-5H3,(H,14,15,17). The van der Waals surface area contributed by atoms with Crippen molar-refractivity contribution in [3.8, 4) is 0 Å². The summed E-state index contributed by atoms with van der Waals surface area (Å²) in [6, 6.07) is 0. The van der Waals surface area contributed by atoms with Gasteiger partial charge in [-0.15, -0.1) is 0 Å². The molecular formula is C13H22N2OS. The molecule has 0 aliphatic carbocycles. The number of rotatable bonds is 5. The number of aromatic amines is 1. The average molecular weight is 254 g/mol. The minimum absolute atomic E-state index is 0.343. The van der Waals surface area contributed by atoms with Crippen LogP contribution >= 0.6 is 12.2 Å². The Morgan fingerprint density at radius 3 is 2.24 bits per heavy atom. The Kier molecular flexibility index (Phi) is 4.83. The largest absolute Gasteiger partial charge is 0.370 e. The highest BCUT2D eigenvalue weighted by molar-refractivity contribution is 7.71. The summed E-state index contributed by atoms with van der Waals surface area (Å²) in [5, 5.41) is 0. The normalized spacial score (nSPS) is 11.8. The fraction of sp³-hybridized carbons (Fsp3) is 0.692. The van der Waals surface area contributed by atoms with Gasteiger partial charge in [0.05, 0.1) is 0 Å². The molecular weight excluding hydrogens is 232 g/mol. The lowest BCUT2D eigenvalue weighted by molar-refractivity contribution is -0.0293. The predicted octanol–water partition coefficient (Wildman–Crippen LogP) is 3.67. The molecule has 0 unspecified atom stereocenters. The molecule has 0 radical (unpaired) electrons. The smallest absolute Gasteiger partial charge is 0.140 e. The predicted molar refractivity (Wildman–Crippen MR) is 72.8 cm³/mol. The zero-order chi connectivity index (χ0) is 13.1. The summed E-state index contributed by atoms with van der Waals surface area (Å²) >= 11 is 5.35. The maximum Gasteiger partial charge on any atom is 0.140 e. The number of nitrogens with zero attached hydrogens (tertiary/aromatic N) is 1. The van der Waals surface area contributed by atoms with Crippen molar-refractivity contribution in [1.82, 2.24) is 9.97 Å². The van der Waals surface area contributed by atoms with Crippen LogP contribution in [0, 0.1) is 11.6 Å². The van der Waals surface area contributed by atoms with Gasteiger partial charge in [0.2, 0.25) is 0 Å². The van der Waals surface area contributed by atoms with E-state index in [1.807, 2.05) is 6.92 Å². The van der Waals surface area contributed by atoms with Gasteiger partial charge in [-0.25, -0.2) is 4.98 Å². The van der Waals surface area contributed by atoms with Crippen LogP contribution in [0.3, 0.4) is 0 Å². The molecule has 96 valence electrons. The molecule has 0 saturated heterocycles.